The summed E-state index contributed by atoms with van der Waals surface area (Å²) in [6, 6.07) is 15.3. The van der Waals surface area contributed by atoms with E-state index in [2.05, 4.69) is 15.5 Å². The van der Waals surface area contributed by atoms with E-state index in [0.717, 1.165) is 42.8 Å². The normalized spacial score (nSPS) is 16.5. The molecule has 0 aliphatic carbocycles. The summed E-state index contributed by atoms with van der Waals surface area (Å²) in [4.78, 5) is 2.49. The number of imidazole rings is 1. The maximum absolute atomic E-state index is 10.7. The monoisotopic (exact) mass is 398 g/mol. The highest BCUT2D eigenvalue weighted by Gasteiger charge is 2.16. The first-order valence-electron chi connectivity index (χ1n) is 10.0. The summed E-state index contributed by atoms with van der Waals surface area (Å²) in [7, 11) is 0. The number of likely N-dealkylation sites (tertiary alicyclic amines) is 1. The Kier molecular flexibility index (Phi) is 5.85. The molecule has 1 atom stereocenters. The first-order valence-corrected chi connectivity index (χ1v) is 10.4. The molecule has 2 aromatic carbocycles. The first kappa shape index (κ1) is 19.2. The van der Waals surface area contributed by atoms with Crippen LogP contribution in [-0.4, -0.2) is 38.8 Å². The summed E-state index contributed by atoms with van der Waals surface area (Å²) in [6.45, 7) is 4.41. The van der Waals surface area contributed by atoms with Crippen molar-refractivity contribution in [3.8, 4) is 0 Å². The number of nitrogens with one attached hydrogen (secondary N) is 1. The fourth-order valence-electron chi connectivity index (χ4n) is 4.09. The molecule has 0 saturated carbocycles. The molecule has 4 rings (SSSR count). The molecule has 6 heteroatoms. The summed E-state index contributed by atoms with van der Waals surface area (Å²) in [5.41, 5.74) is 3.28. The van der Waals surface area contributed by atoms with Crippen molar-refractivity contribution in [2.24, 2.45) is 0 Å². The van der Waals surface area contributed by atoms with E-state index in [1.165, 1.54) is 19.3 Å². The largest absolute Gasteiger partial charge is 0.387 e. The van der Waals surface area contributed by atoms with Crippen molar-refractivity contribution in [2.75, 3.05) is 19.6 Å². The number of para-hydroxylation sites is 2. The number of nitrogens with zero attached hydrogens (tertiary/aromatic N) is 3. The van der Waals surface area contributed by atoms with Crippen LogP contribution in [0.1, 0.15) is 30.9 Å². The lowest BCUT2D eigenvalue weighted by Gasteiger charge is -2.26. The summed E-state index contributed by atoms with van der Waals surface area (Å²) in [5, 5.41) is 20.1. The van der Waals surface area contributed by atoms with Crippen molar-refractivity contribution >= 4 is 22.6 Å². The topological polar surface area (TPSA) is 57.2 Å². The van der Waals surface area contributed by atoms with Gasteiger partial charge >= 0.3 is 0 Å². The number of aromatic nitrogens is 2. The number of aliphatic hydroxyl groups is 1. The molecule has 0 spiro atoms. The van der Waals surface area contributed by atoms with E-state index in [-0.39, 0.29) is 0 Å². The SMILES string of the molecule is N=c1n(CCN2CCCCC2)c2ccccc2n1CC(O)c1ccc(Cl)cc1. The van der Waals surface area contributed by atoms with E-state index in [1.807, 2.05) is 34.9 Å². The highest BCUT2D eigenvalue weighted by molar-refractivity contribution is 6.30. The lowest BCUT2D eigenvalue weighted by molar-refractivity contribution is 0.155. The number of aliphatic hydroxyl groups excluding tert-OH is 1. The molecular weight excluding hydrogens is 372 g/mol. The van der Waals surface area contributed by atoms with Crippen LogP contribution in [0.3, 0.4) is 0 Å². The molecule has 2 heterocycles. The van der Waals surface area contributed by atoms with E-state index in [4.69, 9.17) is 17.0 Å². The van der Waals surface area contributed by atoms with Gasteiger partial charge in [-0.3, -0.25) is 5.41 Å². The van der Waals surface area contributed by atoms with Crippen LogP contribution in [0.5, 0.6) is 0 Å². The zero-order valence-corrected chi connectivity index (χ0v) is 16.8. The Morgan fingerprint density at radius 3 is 2.21 bits per heavy atom. The summed E-state index contributed by atoms with van der Waals surface area (Å²) in [5.74, 6) is 0. The molecule has 1 fully saturated rings. The second-order valence-electron chi connectivity index (χ2n) is 7.54. The zero-order chi connectivity index (χ0) is 19.5. The molecule has 1 aromatic heterocycles. The van der Waals surface area contributed by atoms with Gasteiger partial charge in [-0.05, 0) is 55.8 Å². The van der Waals surface area contributed by atoms with Crippen LogP contribution in [-0.2, 0) is 13.1 Å². The first-order chi connectivity index (χ1) is 13.6. The molecule has 0 radical (unpaired) electrons. The number of rotatable bonds is 6. The number of piperidine rings is 1. The highest BCUT2D eigenvalue weighted by atomic mass is 35.5. The standard InChI is InChI=1S/C22H27ClN4O/c23-18-10-8-17(9-11-18)21(28)16-27-20-7-3-2-6-19(20)26(22(27)24)15-14-25-12-4-1-5-13-25/h2-3,6-11,21,24,28H,1,4-5,12-16H2. The zero-order valence-electron chi connectivity index (χ0n) is 16.0. The number of fused-ring (bicyclic) bond motifs is 1. The van der Waals surface area contributed by atoms with Crippen molar-refractivity contribution in [3.05, 3.63) is 64.7 Å². The summed E-state index contributed by atoms with van der Waals surface area (Å²) in [6.07, 6.45) is 3.18. The van der Waals surface area contributed by atoms with Gasteiger partial charge in [-0.25, -0.2) is 0 Å². The Hall–Kier alpha value is -2.08. The Balaban J connectivity index is 1.60. The molecule has 1 aliphatic rings. The third-order valence-electron chi connectivity index (χ3n) is 5.67. The minimum atomic E-state index is -0.687. The second-order valence-corrected chi connectivity index (χ2v) is 7.98. The van der Waals surface area contributed by atoms with Gasteiger partial charge < -0.3 is 19.1 Å². The fraction of sp³-hybridized carbons (Fsp3) is 0.409. The molecule has 2 N–H and O–H groups in total. The molecule has 148 valence electrons. The number of hydrogen-bond donors (Lipinski definition) is 2. The predicted molar refractivity (Wildman–Crippen MR) is 112 cm³/mol. The predicted octanol–water partition coefficient (Wildman–Crippen LogP) is 3.80. The molecule has 5 nitrogen and oxygen atoms in total. The molecule has 1 saturated heterocycles. The third-order valence-corrected chi connectivity index (χ3v) is 5.93. The van der Waals surface area contributed by atoms with Crippen LogP contribution in [0, 0.1) is 5.41 Å². The highest BCUT2D eigenvalue weighted by Crippen LogP contribution is 2.20. The fourth-order valence-corrected chi connectivity index (χ4v) is 4.22. The quantitative estimate of drug-likeness (QED) is 0.663. The number of halogens is 1. The van der Waals surface area contributed by atoms with E-state index in [9.17, 15) is 5.11 Å². The van der Waals surface area contributed by atoms with Crippen molar-refractivity contribution in [3.63, 3.8) is 0 Å². The van der Waals surface area contributed by atoms with Crippen LogP contribution in [0.4, 0.5) is 0 Å². The van der Waals surface area contributed by atoms with Gasteiger partial charge in [0.2, 0.25) is 5.62 Å². The smallest absolute Gasteiger partial charge is 0.203 e. The Bertz CT molecular complexity index is 986. The van der Waals surface area contributed by atoms with Crippen molar-refractivity contribution < 1.29 is 5.11 Å². The minimum Gasteiger partial charge on any atom is -0.387 e. The van der Waals surface area contributed by atoms with Gasteiger partial charge in [-0.2, -0.15) is 0 Å². The van der Waals surface area contributed by atoms with Gasteiger partial charge in [-0.15, -0.1) is 0 Å². The average molecular weight is 399 g/mol. The molecular formula is C22H27ClN4O. The number of hydrogen-bond acceptors (Lipinski definition) is 3. The molecule has 28 heavy (non-hydrogen) atoms. The van der Waals surface area contributed by atoms with Gasteiger partial charge in [0.05, 0.1) is 23.7 Å². The van der Waals surface area contributed by atoms with Crippen molar-refractivity contribution in [1.82, 2.24) is 14.0 Å². The van der Waals surface area contributed by atoms with Gasteiger partial charge in [0.15, 0.2) is 0 Å². The molecule has 3 aromatic rings. The Morgan fingerprint density at radius 1 is 0.893 bits per heavy atom. The van der Waals surface area contributed by atoms with Crippen LogP contribution in [0.2, 0.25) is 5.02 Å². The maximum Gasteiger partial charge on any atom is 0.203 e. The molecule has 0 bridgehead atoms. The van der Waals surface area contributed by atoms with E-state index in [1.54, 1.807) is 12.1 Å². The lowest BCUT2D eigenvalue weighted by atomic mass is 10.1. The van der Waals surface area contributed by atoms with Gasteiger partial charge in [0, 0.05) is 18.1 Å². The van der Waals surface area contributed by atoms with Gasteiger partial charge in [0.1, 0.15) is 0 Å². The van der Waals surface area contributed by atoms with Crippen LogP contribution in [0.25, 0.3) is 11.0 Å². The van der Waals surface area contributed by atoms with E-state index < -0.39 is 6.10 Å². The maximum atomic E-state index is 10.7. The van der Waals surface area contributed by atoms with Crippen LogP contribution < -0.4 is 5.62 Å². The van der Waals surface area contributed by atoms with Crippen LogP contribution in [0.15, 0.2) is 48.5 Å². The van der Waals surface area contributed by atoms with E-state index >= 15 is 0 Å². The van der Waals surface area contributed by atoms with Crippen LogP contribution >= 0.6 is 11.6 Å². The lowest BCUT2D eigenvalue weighted by Crippen LogP contribution is -2.35. The van der Waals surface area contributed by atoms with Gasteiger partial charge in [0.25, 0.3) is 0 Å². The summed E-state index contributed by atoms with van der Waals surface area (Å²) >= 11 is 5.96. The Morgan fingerprint density at radius 2 is 1.54 bits per heavy atom. The third kappa shape index (κ3) is 4.02. The van der Waals surface area contributed by atoms with Gasteiger partial charge in [-0.1, -0.05) is 42.3 Å². The second kappa shape index (κ2) is 8.52. The van der Waals surface area contributed by atoms with Crippen molar-refractivity contribution in [1.29, 1.82) is 5.41 Å². The number of benzene rings is 2. The minimum absolute atomic E-state index is 0.345. The molecule has 1 aliphatic heterocycles. The summed E-state index contributed by atoms with van der Waals surface area (Å²) < 4.78 is 3.98. The average Bonchev–Trinajstić information content (AvgIpc) is 2.99. The van der Waals surface area contributed by atoms with E-state index in [0.29, 0.717) is 17.2 Å². The van der Waals surface area contributed by atoms with Crippen molar-refractivity contribution in [2.45, 2.75) is 38.5 Å². The molecule has 0 amide bonds. The molecule has 1 unspecified atom stereocenters. The Labute approximate surface area is 170 Å².